The van der Waals surface area contributed by atoms with Crippen molar-refractivity contribution in [3.8, 4) is 0 Å². The fraction of sp³-hybridized carbons (Fsp3) is 0.889. The molecular formula is C9H16F2N2S. The van der Waals surface area contributed by atoms with Crippen LogP contribution in [-0.2, 0) is 0 Å². The first-order chi connectivity index (χ1) is 6.29. The van der Waals surface area contributed by atoms with Crippen molar-refractivity contribution in [1.82, 2.24) is 5.32 Å². The average Bonchev–Trinajstić information content (AvgIpc) is 1.98. The van der Waals surface area contributed by atoms with Gasteiger partial charge in [-0.25, -0.2) is 8.78 Å². The van der Waals surface area contributed by atoms with E-state index in [1.807, 2.05) is 13.8 Å². The van der Waals surface area contributed by atoms with Gasteiger partial charge in [0.15, 0.2) is 5.17 Å². The van der Waals surface area contributed by atoms with Gasteiger partial charge in [0.05, 0.1) is 0 Å². The zero-order chi connectivity index (χ0) is 10.8. The van der Waals surface area contributed by atoms with Gasteiger partial charge in [-0.3, -0.25) is 4.99 Å². The van der Waals surface area contributed by atoms with Crippen molar-refractivity contribution < 1.29 is 8.78 Å². The second-order valence-corrected chi connectivity index (χ2v) is 5.38. The van der Waals surface area contributed by atoms with Gasteiger partial charge in [0, 0.05) is 18.2 Å². The lowest BCUT2D eigenvalue weighted by molar-refractivity contribution is 0.0326. The highest BCUT2D eigenvalue weighted by Crippen LogP contribution is 2.22. The van der Waals surface area contributed by atoms with Crippen LogP contribution in [0.25, 0.3) is 0 Å². The minimum Gasteiger partial charge on any atom is -0.360 e. The quantitative estimate of drug-likeness (QED) is 0.776. The third-order valence-electron chi connectivity index (χ3n) is 1.91. The molecule has 0 saturated carbocycles. The topological polar surface area (TPSA) is 24.4 Å². The lowest BCUT2D eigenvalue weighted by Gasteiger charge is -2.32. The van der Waals surface area contributed by atoms with Crippen LogP contribution in [0.2, 0.25) is 0 Å². The highest BCUT2D eigenvalue weighted by Gasteiger charge is 2.26. The Labute approximate surface area is 87.6 Å². The van der Waals surface area contributed by atoms with Crippen LogP contribution in [0.3, 0.4) is 0 Å². The zero-order valence-corrected chi connectivity index (χ0v) is 9.55. The van der Waals surface area contributed by atoms with E-state index in [-0.39, 0.29) is 5.54 Å². The highest BCUT2D eigenvalue weighted by atomic mass is 32.2. The van der Waals surface area contributed by atoms with E-state index in [0.29, 0.717) is 5.17 Å². The van der Waals surface area contributed by atoms with Gasteiger partial charge in [-0.15, -0.1) is 0 Å². The Balaban J connectivity index is 2.52. The van der Waals surface area contributed by atoms with Gasteiger partial charge < -0.3 is 5.32 Å². The van der Waals surface area contributed by atoms with Gasteiger partial charge >= 0.3 is 0 Å². The lowest BCUT2D eigenvalue weighted by atomic mass is 10.0. The van der Waals surface area contributed by atoms with Gasteiger partial charge in [0.2, 0.25) is 0 Å². The molecule has 1 N–H and O–H groups in total. The Bertz CT molecular complexity index is 233. The van der Waals surface area contributed by atoms with E-state index in [1.165, 1.54) is 11.8 Å². The van der Waals surface area contributed by atoms with Gasteiger partial charge in [-0.1, -0.05) is 11.8 Å². The number of amidine groups is 1. The molecule has 1 aliphatic rings. The monoisotopic (exact) mass is 222 g/mol. The molecule has 0 atom stereocenters. The summed E-state index contributed by atoms with van der Waals surface area (Å²) >= 11 is 1.51. The van der Waals surface area contributed by atoms with Crippen molar-refractivity contribution in [3.63, 3.8) is 0 Å². The maximum atomic E-state index is 12.5. The first kappa shape index (κ1) is 11.8. The summed E-state index contributed by atoms with van der Waals surface area (Å²) in [5, 5.41) is 3.79. The average molecular weight is 222 g/mol. The molecule has 0 amide bonds. The molecule has 2 nitrogen and oxygen atoms in total. The Morgan fingerprint density at radius 2 is 2.21 bits per heavy atom. The number of hydrogen-bond acceptors (Lipinski definition) is 2. The van der Waals surface area contributed by atoms with Crippen molar-refractivity contribution in [2.24, 2.45) is 4.99 Å². The number of halogens is 2. The zero-order valence-electron chi connectivity index (χ0n) is 8.73. The summed E-state index contributed by atoms with van der Waals surface area (Å²) in [6, 6.07) is 0. The number of rotatable bonds is 2. The minimum atomic E-state index is -2.71. The number of nitrogens with zero attached hydrogens (tertiary/aromatic N) is 1. The number of hydrogen-bond donors (Lipinski definition) is 1. The predicted octanol–water partition coefficient (Wildman–Crippen LogP) is 2.50. The van der Waals surface area contributed by atoms with Gasteiger partial charge in [-0.05, 0) is 20.3 Å². The van der Waals surface area contributed by atoms with Crippen molar-refractivity contribution in [2.75, 3.05) is 12.3 Å². The molecule has 1 rings (SSSR count). The molecule has 0 unspecified atom stereocenters. The van der Waals surface area contributed by atoms with Gasteiger partial charge in [0.25, 0.3) is 5.92 Å². The van der Waals surface area contributed by atoms with Gasteiger partial charge in [0.1, 0.15) is 6.54 Å². The van der Waals surface area contributed by atoms with Crippen molar-refractivity contribution >= 4 is 16.9 Å². The standard InChI is InChI=1S/C9H16F2N2S/c1-8(2)4-5-14-7(13-8)12-6-9(3,10)11/h4-6H2,1-3H3,(H,12,13). The molecule has 0 radical (unpaired) electrons. The van der Waals surface area contributed by atoms with E-state index in [2.05, 4.69) is 10.3 Å². The third-order valence-corrected chi connectivity index (χ3v) is 2.82. The summed E-state index contributed by atoms with van der Waals surface area (Å²) in [5.74, 6) is -1.77. The predicted molar refractivity (Wildman–Crippen MR) is 57.2 cm³/mol. The molecule has 1 heterocycles. The fourth-order valence-electron chi connectivity index (χ4n) is 1.09. The summed E-state index contributed by atoms with van der Waals surface area (Å²) in [6.45, 7) is 4.55. The molecule has 0 aromatic carbocycles. The summed E-state index contributed by atoms with van der Waals surface area (Å²) in [6.07, 6.45) is 1.03. The molecule has 0 bridgehead atoms. The molecule has 82 valence electrons. The van der Waals surface area contributed by atoms with E-state index in [1.54, 1.807) is 0 Å². The first-order valence-corrected chi connectivity index (χ1v) is 5.60. The lowest BCUT2D eigenvalue weighted by Crippen LogP contribution is -2.46. The van der Waals surface area contributed by atoms with Crippen LogP contribution >= 0.6 is 11.8 Å². The van der Waals surface area contributed by atoms with E-state index in [0.717, 1.165) is 19.1 Å². The van der Waals surface area contributed by atoms with Crippen LogP contribution in [0.1, 0.15) is 27.2 Å². The molecule has 0 aliphatic carbocycles. The Kier molecular flexibility index (Phi) is 3.40. The molecule has 5 heteroatoms. The smallest absolute Gasteiger partial charge is 0.264 e. The molecule has 14 heavy (non-hydrogen) atoms. The molecule has 0 aromatic rings. The summed E-state index contributed by atoms with van der Waals surface area (Å²) in [7, 11) is 0. The third kappa shape index (κ3) is 4.26. The number of aliphatic imine (C=N–C) groups is 1. The molecular weight excluding hydrogens is 206 g/mol. The molecule has 1 saturated heterocycles. The summed E-state index contributed by atoms with van der Waals surface area (Å²) in [5.41, 5.74) is -0.0207. The second-order valence-electron chi connectivity index (χ2n) is 4.30. The first-order valence-electron chi connectivity index (χ1n) is 4.62. The van der Waals surface area contributed by atoms with E-state index < -0.39 is 12.5 Å². The van der Waals surface area contributed by atoms with E-state index >= 15 is 0 Å². The van der Waals surface area contributed by atoms with E-state index in [9.17, 15) is 8.78 Å². The molecule has 0 aromatic heterocycles. The molecule has 1 fully saturated rings. The van der Waals surface area contributed by atoms with Crippen molar-refractivity contribution in [2.45, 2.75) is 38.7 Å². The van der Waals surface area contributed by atoms with Gasteiger partial charge in [-0.2, -0.15) is 0 Å². The van der Waals surface area contributed by atoms with Crippen LogP contribution in [0, 0.1) is 0 Å². The normalized spacial score (nSPS) is 24.8. The van der Waals surface area contributed by atoms with Crippen LogP contribution in [0.15, 0.2) is 4.99 Å². The fourth-order valence-corrected chi connectivity index (χ4v) is 2.40. The Hall–Kier alpha value is -0.320. The second kappa shape index (κ2) is 4.04. The molecule has 1 aliphatic heterocycles. The van der Waals surface area contributed by atoms with Crippen LogP contribution in [0.5, 0.6) is 0 Å². The van der Waals surface area contributed by atoms with Crippen LogP contribution in [-0.4, -0.2) is 28.9 Å². The molecule has 0 spiro atoms. The van der Waals surface area contributed by atoms with Crippen molar-refractivity contribution in [1.29, 1.82) is 0 Å². The summed E-state index contributed by atoms with van der Waals surface area (Å²) in [4.78, 5) is 3.87. The maximum Gasteiger partial charge on any atom is 0.264 e. The number of thioether (sulfide) groups is 1. The number of nitrogens with one attached hydrogen (secondary N) is 1. The van der Waals surface area contributed by atoms with Crippen LogP contribution < -0.4 is 5.32 Å². The van der Waals surface area contributed by atoms with Crippen LogP contribution in [0.4, 0.5) is 8.78 Å². The maximum absolute atomic E-state index is 12.5. The van der Waals surface area contributed by atoms with E-state index in [4.69, 9.17) is 0 Å². The Morgan fingerprint density at radius 1 is 1.57 bits per heavy atom. The number of alkyl halides is 2. The minimum absolute atomic E-state index is 0.0207. The SMILES string of the molecule is CC(F)(F)CN=C1NC(C)(C)CCS1. The Morgan fingerprint density at radius 3 is 2.71 bits per heavy atom. The summed E-state index contributed by atoms with van der Waals surface area (Å²) < 4.78 is 25.1. The van der Waals surface area contributed by atoms with Crippen molar-refractivity contribution in [3.05, 3.63) is 0 Å². The largest absolute Gasteiger partial charge is 0.360 e. The highest BCUT2D eigenvalue weighted by molar-refractivity contribution is 8.13.